The number of anilines is 4. The average molecular weight is 883 g/mol. The SMILES string of the molecule is Cc1cc(-n2c3cc(Oc4cccc(N5CN(c6c7c(cc8c9ccccc9n(C)c68)c6ccccc6n7C)c6ccccc65)c4)ccc3c3cccc(C(C)(C)C)c32)ncc1-c1ccccc1. The van der Waals surface area contributed by atoms with Gasteiger partial charge in [0.15, 0.2) is 0 Å². The number of hydrogen-bond acceptors (Lipinski definition) is 4. The van der Waals surface area contributed by atoms with E-state index in [1.807, 2.05) is 6.20 Å². The molecule has 0 bridgehead atoms. The Balaban J connectivity index is 0.922. The number of fused-ring (bicyclic) bond motifs is 10. The number of nitrogens with zero attached hydrogens (tertiary/aromatic N) is 6. The van der Waals surface area contributed by atoms with Crippen LogP contribution < -0.4 is 14.5 Å². The highest BCUT2D eigenvalue weighted by molar-refractivity contribution is 6.25. The predicted molar refractivity (Wildman–Crippen MR) is 284 cm³/mol. The van der Waals surface area contributed by atoms with Crippen molar-refractivity contribution in [2.75, 3.05) is 16.5 Å². The number of aromatic nitrogens is 4. The Labute approximate surface area is 395 Å². The molecule has 13 rings (SSSR count). The third-order valence-corrected chi connectivity index (χ3v) is 14.4. The van der Waals surface area contributed by atoms with Crippen LogP contribution in [0.25, 0.3) is 82.4 Å². The molecule has 0 amide bonds. The van der Waals surface area contributed by atoms with Crippen LogP contribution in [-0.4, -0.2) is 25.4 Å². The van der Waals surface area contributed by atoms with Gasteiger partial charge in [0.2, 0.25) is 0 Å². The molecule has 0 aliphatic carbocycles. The fraction of sp³-hybridized carbons (Fsp3) is 0.131. The molecule has 8 aromatic carbocycles. The molecule has 7 nitrogen and oxygen atoms in total. The molecule has 0 saturated carbocycles. The highest BCUT2D eigenvalue weighted by atomic mass is 16.5. The van der Waals surface area contributed by atoms with Gasteiger partial charge in [0, 0.05) is 87.0 Å². The van der Waals surface area contributed by atoms with Crippen LogP contribution in [0, 0.1) is 6.92 Å². The van der Waals surface area contributed by atoms with Crippen LogP contribution in [0.15, 0.2) is 182 Å². The fourth-order valence-corrected chi connectivity index (χ4v) is 11.2. The molecule has 1 aliphatic heterocycles. The zero-order valence-corrected chi connectivity index (χ0v) is 39.1. The molecule has 330 valence electrons. The first-order chi connectivity index (χ1) is 33.1. The maximum absolute atomic E-state index is 6.90. The lowest BCUT2D eigenvalue weighted by atomic mass is 9.85. The van der Waals surface area contributed by atoms with E-state index >= 15 is 0 Å². The summed E-state index contributed by atoms with van der Waals surface area (Å²) in [7, 11) is 4.42. The van der Waals surface area contributed by atoms with Crippen molar-refractivity contribution in [3.8, 4) is 28.4 Å². The van der Waals surface area contributed by atoms with E-state index in [4.69, 9.17) is 9.72 Å². The normalized spacial score (nSPS) is 13.0. The van der Waals surface area contributed by atoms with Crippen LogP contribution in [0.4, 0.5) is 22.7 Å². The fourth-order valence-electron chi connectivity index (χ4n) is 11.2. The summed E-state index contributed by atoms with van der Waals surface area (Å²) in [5, 5.41) is 7.40. The summed E-state index contributed by atoms with van der Waals surface area (Å²) in [6.45, 7) is 9.66. The lowest BCUT2D eigenvalue weighted by Crippen LogP contribution is -2.25. The second-order valence-electron chi connectivity index (χ2n) is 19.4. The third kappa shape index (κ3) is 5.94. The van der Waals surface area contributed by atoms with Crippen LogP contribution in [0.2, 0.25) is 0 Å². The van der Waals surface area contributed by atoms with E-state index in [0.717, 1.165) is 56.4 Å². The molecule has 68 heavy (non-hydrogen) atoms. The van der Waals surface area contributed by atoms with Crippen molar-refractivity contribution in [2.24, 2.45) is 14.1 Å². The van der Waals surface area contributed by atoms with Gasteiger partial charge in [-0.25, -0.2) is 4.98 Å². The summed E-state index contributed by atoms with van der Waals surface area (Å²) in [6.07, 6.45) is 2.02. The van der Waals surface area contributed by atoms with Crippen molar-refractivity contribution in [3.63, 3.8) is 0 Å². The molecule has 7 heteroatoms. The van der Waals surface area contributed by atoms with Crippen molar-refractivity contribution in [1.29, 1.82) is 0 Å². The summed E-state index contributed by atoms with van der Waals surface area (Å²) in [6, 6.07) is 63.2. The average Bonchev–Trinajstić information content (AvgIpc) is 4.07. The van der Waals surface area contributed by atoms with E-state index in [2.05, 4.69) is 241 Å². The minimum atomic E-state index is -0.101. The smallest absolute Gasteiger partial charge is 0.137 e. The Kier molecular flexibility index (Phi) is 8.75. The van der Waals surface area contributed by atoms with E-state index in [1.54, 1.807) is 0 Å². The van der Waals surface area contributed by atoms with Crippen LogP contribution in [-0.2, 0) is 19.5 Å². The van der Waals surface area contributed by atoms with Crippen LogP contribution in [0.5, 0.6) is 11.5 Å². The zero-order valence-electron chi connectivity index (χ0n) is 39.1. The Hall–Kier alpha value is -8.29. The molecule has 0 spiro atoms. The van der Waals surface area contributed by atoms with Gasteiger partial charge in [-0.2, -0.15) is 0 Å². The number of ether oxygens (including phenoxy) is 1. The Morgan fingerprint density at radius 2 is 1.10 bits per heavy atom. The summed E-state index contributed by atoms with van der Waals surface area (Å²) in [4.78, 5) is 10.1. The van der Waals surface area contributed by atoms with E-state index < -0.39 is 0 Å². The Bertz CT molecular complexity index is 3920. The molecule has 0 unspecified atom stereocenters. The number of pyridine rings is 1. The van der Waals surface area contributed by atoms with Gasteiger partial charge in [0.1, 0.15) is 24.0 Å². The first kappa shape index (κ1) is 40.0. The van der Waals surface area contributed by atoms with E-state index in [-0.39, 0.29) is 5.41 Å². The van der Waals surface area contributed by atoms with Crippen molar-refractivity contribution in [1.82, 2.24) is 18.7 Å². The van der Waals surface area contributed by atoms with Gasteiger partial charge >= 0.3 is 0 Å². The molecule has 5 heterocycles. The largest absolute Gasteiger partial charge is 0.457 e. The molecule has 0 N–H and O–H groups in total. The monoisotopic (exact) mass is 882 g/mol. The molecule has 12 aromatic rings. The minimum absolute atomic E-state index is 0.101. The maximum atomic E-state index is 6.90. The van der Waals surface area contributed by atoms with Crippen molar-refractivity contribution in [2.45, 2.75) is 33.1 Å². The summed E-state index contributed by atoms with van der Waals surface area (Å²) in [5.74, 6) is 2.41. The number of rotatable bonds is 6. The summed E-state index contributed by atoms with van der Waals surface area (Å²) in [5.41, 5.74) is 16.3. The van der Waals surface area contributed by atoms with E-state index in [9.17, 15) is 0 Å². The van der Waals surface area contributed by atoms with Gasteiger partial charge in [-0.05, 0) is 89.7 Å². The van der Waals surface area contributed by atoms with E-state index in [0.29, 0.717) is 6.67 Å². The quantitative estimate of drug-likeness (QED) is 0.167. The number of benzene rings is 8. The molecule has 1 aliphatic rings. The topological polar surface area (TPSA) is 43.4 Å². The molecule has 4 aromatic heterocycles. The van der Waals surface area contributed by atoms with Gasteiger partial charge in [-0.3, -0.25) is 4.57 Å². The van der Waals surface area contributed by atoms with Crippen LogP contribution >= 0.6 is 0 Å². The molecule has 0 saturated heterocycles. The third-order valence-electron chi connectivity index (χ3n) is 14.4. The van der Waals surface area contributed by atoms with Crippen LogP contribution in [0.3, 0.4) is 0 Å². The Morgan fingerprint density at radius 1 is 0.500 bits per heavy atom. The maximum Gasteiger partial charge on any atom is 0.137 e. The first-order valence-corrected chi connectivity index (χ1v) is 23.5. The van der Waals surface area contributed by atoms with Gasteiger partial charge in [-0.1, -0.05) is 124 Å². The second-order valence-corrected chi connectivity index (χ2v) is 19.4. The lowest BCUT2D eigenvalue weighted by Gasteiger charge is -2.25. The molecular formula is C61H50N6O. The molecule has 0 fully saturated rings. The molecular weight excluding hydrogens is 833 g/mol. The number of para-hydroxylation sites is 5. The minimum Gasteiger partial charge on any atom is -0.457 e. The number of hydrogen-bond donors (Lipinski definition) is 0. The summed E-state index contributed by atoms with van der Waals surface area (Å²) >= 11 is 0. The highest BCUT2D eigenvalue weighted by Gasteiger charge is 2.33. The highest BCUT2D eigenvalue weighted by Crippen LogP contribution is 2.51. The first-order valence-electron chi connectivity index (χ1n) is 23.5. The lowest BCUT2D eigenvalue weighted by molar-refractivity contribution is 0.483. The van der Waals surface area contributed by atoms with Gasteiger partial charge in [0.25, 0.3) is 0 Å². The zero-order chi connectivity index (χ0) is 46.0. The van der Waals surface area contributed by atoms with E-state index in [1.165, 1.54) is 71.3 Å². The van der Waals surface area contributed by atoms with Gasteiger partial charge < -0.3 is 23.7 Å². The Morgan fingerprint density at radius 3 is 1.79 bits per heavy atom. The molecule has 0 radical (unpaired) electrons. The van der Waals surface area contributed by atoms with Crippen molar-refractivity contribution in [3.05, 3.63) is 193 Å². The predicted octanol–water partition coefficient (Wildman–Crippen LogP) is 15.8. The second kappa shape index (κ2) is 14.9. The summed E-state index contributed by atoms with van der Waals surface area (Å²) < 4.78 is 14.0. The van der Waals surface area contributed by atoms with Gasteiger partial charge in [-0.15, -0.1) is 0 Å². The van der Waals surface area contributed by atoms with Crippen molar-refractivity contribution >= 4 is 88.2 Å². The van der Waals surface area contributed by atoms with Crippen LogP contribution in [0.1, 0.15) is 31.9 Å². The molecule has 0 atom stereocenters. The van der Waals surface area contributed by atoms with Gasteiger partial charge in [0.05, 0.1) is 39.1 Å². The van der Waals surface area contributed by atoms with Crippen molar-refractivity contribution < 1.29 is 4.74 Å². The standard InChI is InChI=1S/C61H50N6O/c1-38-32-56(62-36-49(38)39-18-8-7-9-19-39)67-55-34-42(30-31-45(55)46-24-17-25-50(57(46)67)61(2,3)4)68-41-21-16-20-40(33-41)65-37-66(54-29-15-14-28-53(54)65)60-58-47(43-22-10-12-26-51(43)63(58)5)35-48-44-23-11-13-27-52(44)64(6)59(48)60/h7-36H,37H2,1-6H3. The number of aryl methyl sites for hydroxylation is 3.